The first kappa shape index (κ1) is 23.4. The highest BCUT2D eigenvalue weighted by Gasteiger charge is 2.17. The van der Waals surface area contributed by atoms with Crippen LogP contribution >= 0.6 is 23.4 Å². The Labute approximate surface area is 199 Å². The number of aromatic nitrogens is 3. The van der Waals surface area contributed by atoms with E-state index in [1.54, 1.807) is 42.5 Å². The number of halogens is 3. The Morgan fingerprint density at radius 2 is 1.61 bits per heavy atom. The first-order chi connectivity index (χ1) is 15.7. The van der Waals surface area contributed by atoms with Gasteiger partial charge in [-0.05, 0) is 59.7 Å². The Morgan fingerprint density at radius 3 is 2.24 bits per heavy atom. The molecule has 0 saturated carbocycles. The van der Waals surface area contributed by atoms with E-state index in [1.165, 1.54) is 36.0 Å². The zero-order chi connectivity index (χ0) is 23.6. The van der Waals surface area contributed by atoms with Crippen LogP contribution in [0.1, 0.15) is 17.0 Å². The van der Waals surface area contributed by atoms with Crippen LogP contribution in [0.3, 0.4) is 0 Å². The normalized spacial score (nSPS) is 11.6. The lowest BCUT2D eigenvalue weighted by Crippen LogP contribution is -2.04. The molecule has 0 bridgehead atoms. The Kier molecular flexibility index (Phi) is 6.83. The molecular weight excluding hydrogens is 488 g/mol. The standard InChI is InChI=1S/C23H18ClF2N3O2S2/c1-33(30,31)20-10-2-15(3-11-20)12-22-27-28-23(29(22)19-8-6-17(25)7-9-19)32-14-16-4-5-18(26)13-21(16)24/h2-11,13H,12,14H2,1H3. The molecule has 0 saturated heterocycles. The van der Waals surface area contributed by atoms with Crippen LogP contribution in [0, 0.1) is 11.6 Å². The summed E-state index contributed by atoms with van der Waals surface area (Å²) in [6.45, 7) is 0. The average Bonchev–Trinajstić information content (AvgIpc) is 3.16. The fraction of sp³-hybridized carbons (Fsp3) is 0.130. The average molecular weight is 506 g/mol. The molecule has 0 spiro atoms. The number of benzene rings is 3. The van der Waals surface area contributed by atoms with Crippen LogP contribution < -0.4 is 0 Å². The number of hydrogen-bond donors (Lipinski definition) is 0. The summed E-state index contributed by atoms with van der Waals surface area (Å²) < 4.78 is 52.1. The highest BCUT2D eigenvalue weighted by atomic mass is 35.5. The number of thioether (sulfide) groups is 1. The van der Waals surface area contributed by atoms with Gasteiger partial charge >= 0.3 is 0 Å². The molecule has 5 nitrogen and oxygen atoms in total. The lowest BCUT2D eigenvalue weighted by molar-refractivity contribution is 0.602. The third kappa shape index (κ3) is 5.61. The van der Waals surface area contributed by atoms with Crippen LogP contribution in [0.25, 0.3) is 5.69 Å². The van der Waals surface area contributed by atoms with Crippen molar-refractivity contribution in [2.45, 2.75) is 22.2 Å². The molecule has 33 heavy (non-hydrogen) atoms. The lowest BCUT2D eigenvalue weighted by Gasteiger charge is -2.11. The minimum absolute atomic E-state index is 0.235. The van der Waals surface area contributed by atoms with Gasteiger partial charge in [-0.1, -0.05) is 41.6 Å². The second-order valence-corrected chi connectivity index (χ2v) is 10.7. The predicted octanol–water partition coefficient (Wildman–Crippen LogP) is 5.49. The van der Waals surface area contributed by atoms with E-state index in [4.69, 9.17) is 11.6 Å². The third-order valence-corrected chi connectivity index (χ3v) is 7.33. The molecule has 0 aliphatic heterocycles. The van der Waals surface area contributed by atoms with E-state index in [9.17, 15) is 17.2 Å². The van der Waals surface area contributed by atoms with Gasteiger partial charge < -0.3 is 0 Å². The van der Waals surface area contributed by atoms with Gasteiger partial charge in [-0.25, -0.2) is 17.2 Å². The fourth-order valence-corrected chi connectivity index (χ4v) is 5.09. The molecule has 0 N–H and O–H groups in total. The lowest BCUT2D eigenvalue weighted by atomic mass is 10.1. The van der Waals surface area contributed by atoms with Crippen molar-refractivity contribution in [3.05, 3.63) is 100 Å². The van der Waals surface area contributed by atoms with Gasteiger partial charge in [-0.2, -0.15) is 0 Å². The quantitative estimate of drug-likeness (QED) is 0.311. The van der Waals surface area contributed by atoms with E-state index in [0.717, 1.165) is 17.4 Å². The third-order valence-electron chi connectivity index (χ3n) is 4.87. The Balaban J connectivity index is 1.65. The molecule has 0 fully saturated rings. The smallest absolute Gasteiger partial charge is 0.196 e. The predicted molar refractivity (Wildman–Crippen MR) is 125 cm³/mol. The van der Waals surface area contributed by atoms with Gasteiger partial charge in [0.2, 0.25) is 0 Å². The van der Waals surface area contributed by atoms with E-state index < -0.39 is 15.7 Å². The molecule has 0 amide bonds. The largest absolute Gasteiger partial charge is 0.274 e. The summed E-state index contributed by atoms with van der Waals surface area (Å²) in [5.41, 5.74) is 2.27. The molecule has 1 heterocycles. The van der Waals surface area contributed by atoms with Crippen molar-refractivity contribution in [3.63, 3.8) is 0 Å². The minimum Gasteiger partial charge on any atom is -0.274 e. The summed E-state index contributed by atoms with van der Waals surface area (Å²) in [6, 6.07) is 16.7. The molecule has 170 valence electrons. The number of nitrogens with zero attached hydrogens (tertiary/aromatic N) is 3. The zero-order valence-corrected chi connectivity index (χ0v) is 19.8. The number of hydrogen-bond acceptors (Lipinski definition) is 5. The minimum atomic E-state index is -3.29. The molecular formula is C23H18ClF2N3O2S2. The molecule has 4 aromatic rings. The van der Waals surface area contributed by atoms with E-state index in [-0.39, 0.29) is 10.7 Å². The second-order valence-electron chi connectivity index (χ2n) is 7.33. The maximum absolute atomic E-state index is 13.5. The molecule has 0 aliphatic rings. The first-order valence-corrected chi connectivity index (χ1v) is 13.0. The van der Waals surface area contributed by atoms with Crippen molar-refractivity contribution in [1.82, 2.24) is 14.8 Å². The molecule has 0 unspecified atom stereocenters. The van der Waals surface area contributed by atoms with Crippen LogP contribution in [0.4, 0.5) is 8.78 Å². The van der Waals surface area contributed by atoms with Gasteiger partial charge in [0.25, 0.3) is 0 Å². The molecule has 4 rings (SSSR count). The van der Waals surface area contributed by atoms with Gasteiger partial charge in [-0.3, -0.25) is 4.57 Å². The van der Waals surface area contributed by atoms with Crippen molar-refractivity contribution in [2.75, 3.05) is 6.26 Å². The summed E-state index contributed by atoms with van der Waals surface area (Å²) in [6.07, 6.45) is 1.54. The van der Waals surface area contributed by atoms with Gasteiger partial charge in [0, 0.05) is 29.1 Å². The highest BCUT2D eigenvalue weighted by molar-refractivity contribution is 7.98. The number of rotatable bonds is 7. The fourth-order valence-electron chi connectivity index (χ4n) is 3.18. The van der Waals surface area contributed by atoms with Crippen LogP contribution in [0.2, 0.25) is 5.02 Å². The molecule has 3 aromatic carbocycles. The molecule has 0 aliphatic carbocycles. The van der Waals surface area contributed by atoms with E-state index >= 15 is 0 Å². The van der Waals surface area contributed by atoms with Crippen molar-refractivity contribution in [3.8, 4) is 5.69 Å². The van der Waals surface area contributed by atoms with Gasteiger partial charge in [0.05, 0.1) is 4.90 Å². The van der Waals surface area contributed by atoms with Crippen molar-refractivity contribution in [1.29, 1.82) is 0 Å². The van der Waals surface area contributed by atoms with Crippen LogP contribution in [-0.2, 0) is 22.0 Å². The first-order valence-electron chi connectivity index (χ1n) is 9.76. The van der Waals surface area contributed by atoms with Gasteiger partial charge in [-0.15, -0.1) is 10.2 Å². The Morgan fingerprint density at radius 1 is 0.939 bits per heavy atom. The van der Waals surface area contributed by atoms with Gasteiger partial charge in [0.15, 0.2) is 15.0 Å². The SMILES string of the molecule is CS(=O)(=O)c1ccc(Cc2nnc(SCc3ccc(F)cc3Cl)n2-c2ccc(F)cc2)cc1. The van der Waals surface area contributed by atoms with Crippen molar-refractivity contribution in [2.24, 2.45) is 0 Å². The molecule has 10 heteroatoms. The maximum atomic E-state index is 13.5. The zero-order valence-electron chi connectivity index (χ0n) is 17.4. The molecule has 0 radical (unpaired) electrons. The summed E-state index contributed by atoms with van der Waals surface area (Å²) in [5.74, 6) is 0.257. The molecule has 1 aromatic heterocycles. The van der Waals surface area contributed by atoms with Crippen LogP contribution in [0.15, 0.2) is 76.8 Å². The highest BCUT2D eigenvalue weighted by Crippen LogP contribution is 2.29. The van der Waals surface area contributed by atoms with Crippen LogP contribution in [-0.4, -0.2) is 29.4 Å². The van der Waals surface area contributed by atoms with Crippen LogP contribution in [0.5, 0.6) is 0 Å². The van der Waals surface area contributed by atoms with E-state index in [1.807, 2.05) is 4.57 Å². The van der Waals surface area contributed by atoms with Crippen molar-refractivity contribution >= 4 is 33.2 Å². The Bertz CT molecular complexity index is 1390. The number of sulfone groups is 1. The van der Waals surface area contributed by atoms with Gasteiger partial charge in [0.1, 0.15) is 17.5 Å². The van der Waals surface area contributed by atoms with E-state index in [0.29, 0.717) is 33.9 Å². The maximum Gasteiger partial charge on any atom is 0.196 e. The summed E-state index contributed by atoms with van der Waals surface area (Å²) in [4.78, 5) is 0.235. The van der Waals surface area contributed by atoms with E-state index in [2.05, 4.69) is 10.2 Å². The topological polar surface area (TPSA) is 64.8 Å². The van der Waals surface area contributed by atoms with Crippen molar-refractivity contribution < 1.29 is 17.2 Å². The summed E-state index contributed by atoms with van der Waals surface area (Å²) >= 11 is 7.51. The second kappa shape index (κ2) is 9.62. The monoisotopic (exact) mass is 505 g/mol. The summed E-state index contributed by atoms with van der Waals surface area (Å²) in [5, 5.41) is 9.50. The molecule has 0 atom stereocenters. The Hall–Kier alpha value is -2.75. The summed E-state index contributed by atoms with van der Waals surface area (Å²) in [7, 11) is -3.29.